The Hall–Kier alpha value is -2.84. The zero-order valence-corrected chi connectivity index (χ0v) is 24.5. The van der Waals surface area contributed by atoms with E-state index in [1.807, 2.05) is 37.3 Å². The topological polar surface area (TPSA) is 89.6 Å². The van der Waals surface area contributed by atoms with Crippen LogP contribution in [0.5, 0.6) is 5.75 Å². The Labute approximate surface area is 243 Å². The summed E-state index contributed by atoms with van der Waals surface area (Å²) in [6.45, 7) is 2.24. The van der Waals surface area contributed by atoms with Crippen molar-refractivity contribution in [2.75, 3.05) is 6.26 Å². The highest BCUT2D eigenvalue weighted by Crippen LogP contribution is 2.53. The number of aryl methyl sites for hydroxylation is 1. The number of rotatable bonds is 8. The molecule has 6 rings (SSSR count). The van der Waals surface area contributed by atoms with Gasteiger partial charge in [-0.3, -0.25) is 0 Å². The van der Waals surface area contributed by atoms with Crippen LogP contribution in [-0.2, 0) is 22.0 Å². The van der Waals surface area contributed by atoms with Gasteiger partial charge < -0.3 is 14.4 Å². The average molecular weight is 599 g/mol. The Morgan fingerprint density at radius 2 is 1.77 bits per heavy atom. The van der Waals surface area contributed by atoms with Crippen molar-refractivity contribution in [3.8, 4) is 17.0 Å². The molecule has 2 saturated carbocycles. The molecule has 208 valence electrons. The second kappa shape index (κ2) is 10.2. The van der Waals surface area contributed by atoms with Gasteiger partial charge in [0.25, 0.3) is 0 Å². The molecule has 40 heavy (non-hydrogen) atoms. The minimum atomic E-state index is -3.30. The van der Waals surface area contributed by atoms with Crippen molar-refractivity contribution in [1.29, 1.82) is 0 Å². The van der Waals surface area contributed by atoms with Crippen LogP contribution >= 0.6 is 23.2 Å². The quantitative estimate of drug-likeness (QED) is 0.225. The van der Waals surface area contributed by atoms with Crippen LogP contribution in [0.15, 0.2) is 70.1 Å². The van der Waals surface area contributed by atoms with Crippen molar-refractivity contribution >= 4 is 33.0 Å². The first-order chi connectivity index (χ1) is 19.0. The minimum Gasteiger partial charge on any atom is -0.489 e. The number of benzene rings is 3. The molecule has 0 spiro atoms. The van der Waals surface area contributed by atoms with Gasteiger partial charge in [-0.25, -0.2) is 8.42 Å². The highest BCUT2D eigenvalue weighted by Gasteiger charge is 2.46. The molecule has 0 bridgehead atoms. The van der Waals surface area contributed by atoms with Crippen LogP contribution in [0.3, 0.4) is 0 Å². The molecular weight excluding hydrogens is 569 g/mol. The molecule has 0 unspecified atom stereocenters. The lowest BCUT2D eigenvalue weighted by molar-refractivity contribution is -0.0549. The number of ether oxygens (including phenoxy) is 1. The van der Waals surface area contributed by atoms with Gasteiger partial charge in [0.2, 0.25) is 0 Å². The van der Waals surface area contributed by atoms with Gasteiger partial charge in [0.15, 0.2) is 9.84 Å². The molecule has 0 atom stereocenters. The van der Waals surface area contributed by atoms with Crippen molar-refractivity contribution in [3.63, 3.8) is 0 Å². The summed E-state index contributed by atoms with van der Waals surface area (Å²) < 4.78 is 35.9. The van der Waals surface area contributed by atoms with Gasteiger partial charge in [-0.1, -0.05) is 58.7 Å². The Balaban J connectivity index is 1.19. The molecule has 0 amide bonds. The van der Waals surface area contributed by atoms with E-state index in [0.717, 1.165) is 40.9 Å². The van der Waals surface area contributed by atoms with Gasteiger partial charge in [0.05, 0.1) is 26.1 Å². The fourth-order valence-electron chi connectivity index (χ4n) is 5.58. The Morgan fingerprint density at radius 1 is 1.02 bits per heavy atom. The summed E-state index contributed by atoms with van der Waals surface area (Å²) in [6.07, 6.45) is 4.21. The zero-order chi connectivity index (χ0) is 28.2. The molecule has 4 aromatic rings. The van der Waals surface area contributed by atoms with E-state index in [9.17, 15) is 13.5 Å². The number of hydrogen-bond donors (Lipinski definition) is 1. The fraction of sp³-hybridized carbons (Fsp3) is 0.323. The van der Waals surface area contributed by atoms with Gasteiger partial charge in [0, 0.05) is 23.3 Å². The third-order valence-corrected chi connectivity index (χ3v) is 9.71. The second-order valence-corrected chi connectivity index (χ2v) is 13.8. The highest BCUT2D eigenvalue weighted by atomic mass is 35.5. The van der Waals surface area contributed by atoms with E-state index < -0.39 is 15.4 Å². The van der Waals surface area contributed by atoms with Crippen molar-refractivity contribution in [2.24, 2.45) is 0 Å². The lowest BCUT2D eigenvalue weighted by atomic mass is 9.65. The van der Waals surface area contributed by atoms with E-state index >= 15 is 0 Å². The van der Waals surface area contributed by atoms with Gasteiger partial charge in [-0.2, -0.15) is 0 Å². The zero-order valence-electron chi connectivity index (χ0n) is 22.2. The maximum Gasteiger partial charge on any atom is 0.175 e. The van der Waals surface area contributed by atoms with Gasteiger partial charge in [-0.15, -0.1) is 0 Å². The van der Waals surface area contributed by atoms with E-state index in [4.69, 9.17) is 32.5 Å². The molecular formula is C31H29Cl2NO5S. The van der Waals surface area contributed by atoms with Crippen LogP contribution in [0.25, 0.3) is 11.3 Å². The molecule has 0 radical (unpaired) electrons. The second-order valence-electron chi connectivity index (χ2n) is 11.0. The summed E-state index contributed by atoms with van der Waals surface area (Å²) in [7, 11) is -3.30. The molecule has 1 heterocycles. The molecule has 2 fully saturated rings. The SMILES string of the molecule is Cc1cccc(Cl)c1-c1noc(C2CC2)c1COc1ccc([C@]2(O)C[C@@H](c3cccc(S(C)(=O)=O)c3)C2)c(Cl)c1. The predicted molar refractivity (Wildman–Crippen MR) is 155 cm³/mol. The number of sulfone groups is 1. The first-order valence-corrected chi connectivity index (χ1v) is 15.9. The summed E-state index contributed by atoms with van der Waals surface area (Å²) in [5.41, 5.74) is 3.87. The smallest absolute Gasteiger partial charge is 0.175 e. The third-order valence-electron chi connectivity index (χ3n) is 7.98. The van der Waals surface area contributed by atoms with Crippen LogP contribution in [0, 0.1) is 6.92 Å². The van der Waals surface area contributed by atoms with Gasteiger partial charge in [-0.05, 0) is 80.0 Å². The molecule has 9 heteroatoms. The molecule has 1 aromatic heterocycles. The third kappa shape index (κ3) is 5.16. The molecule has 2 aliphatic carbocycles. The van der Waals surface area contributed by atoms with E-state index in [1.54, 1.807) is 30.3 Å². The monoisotopic (exact) mass is 597 g/mol. The van der Waals surface area contributed by atoms with E-state index in [0.29, 0.717) is 45.8 Å². The maximum atomic E-state index is 12.0. The summed E-state index contributed by atoms with van der Waals surface area (Å²) >= 11 is 13.2. The number of hydrogen-bond acceptors (Lipinski definition) is 6. The van der Waals surface area contributed by atoms with Crippen LogP contribution in [0.2, 0.25) is 10.0 Å². The Bertz CT molecular complexity index is 1680. The summed E-state index contributed by atoms with van der Waals surface area (Å²) in [4.78, 5) is 0.283. The first kappa shape index (κ1) is 27.3. The summed E-state index contributed by atoms with van der Waals surface area (Å²) in [5.74, 6) is 1.79. The van der Waals surface area contributed by atoms with Gasteiger partial charge >= 0.3 is 0 Å². The highest BCUT2D eigenvalue weighted by molar-refractivity contribution is 7.90. The largest absolute Gasteiger partial charge is 0.489 e. The molecule has 0 aliphatic heterocycles. The molecule has 6 nitrogen and oxygen atoms in total. The standard InChI is InChI=1S/C31H29Cl2NO5S/c1-18-5-3-8-26(32)28(18)29-24(30(39-34-29)19-9-10-19)17-38-22-11-12-25(27(33)14-22)31(35)15-21(16-31)20-6-4-7-23(13-20)40(2,36)37/h3-8,11-14,19,21,35H,9-10,15-17H2,1-2H3/t21-,31+. The lowest BCUT2D eigenvalue weighted by Crippen LogP contribution is -2.40. The molecule has 1 N–H and O–H groups in total. The Kier molecular flexibility index (Phi) is 6.98. The van der Waals surface area contributed by atoms with Crippen molar-refractivity contribution < 1.29 is 22.8 Å². The lowest BCUT2D eigenvalue weighted by Gasteiger charge is -2.44. The number of halogens is 2. The first-order valence-electron chi connectivity index (χ1n) is 13.2. The van der Waals surface area contributed by atoms with Crippen LogP contribution < -0.4 is 4.74 Å². The molecule has 0 saturated heterocycles. The predicted octanol–water partition coefficient (Wildman–Crippen LogP) is 7.58. The molecule has 2 aliphatic rings. The average Bonchev–Trinajstić information content (AvgIpc) is 3.65. The fourth-order valence-corrected chi connectivity index (χ4v) is 6.92. The van der Waals surface area contributed by atoms with Crippen molar-refractivity contribution in [2.45, 2.75) is 61.5 Å². The Morgan fingerprint density at radius 3 is 2.45 bits per heavy atom. The van der Waals surface area contributed by atoms with Crippen LogP contribution in [0.4, 0.5) is 0 Å². The number of nitrogens with zero attached hydrogens (tertiary/aromatic N) is 1. The van der Waals surface area contributed by atoms with E-state index in [2.05, 4.69) is 5.16 Å². The summed E-state index contributed by atoms with van der Waals surface area (Å²) in [5, 5.41) is 16.7. The van der Waals surface area contributed by atoms with E-state index in [-0.39, 0.29) is 17.4 Å². The van der Waals surface area contributed by atoms with Gasteiger partial charge in [0.1, 0.15) is 23.8 Å². The summed E-state index contributed by atoms with van der Waals surface area (Å²) in [6, 6.07) is 18.0. The minimum absolute atomic E-state index is 0.0415. The molecule has 3 aromatic carbocycles. The normalized spacial score (nSPS) is 20.8. The van der Waals surface area contributed by atoms with Crippen molar-refractivity contribution in [3.05, 3.63) is 98.7 Å². The van der Waals surface area contributed by atoms with Crippen LogP contribution in [-0.4, -0.2) is 24.9 Å². The maximum absolute atomic E-state index is 12.0. The number of aromatic nitrogens is 1. The van der Waals surface area contributed by atoms with Crippen LogP contribution in [0.1, 0.15) is 65.5 Å². The number of aliphatic hydroxyl groups is 1. The van der Waals surface area contributed by atoms with Crippen molar-refractivity contribution in [1.82, 2.24) is 5.16 Å². The van der Waals surface area contributed by atoms with E-state index in [1.165, 1.54) is 6.26 Å².